The molecular formula is C15H21NO3. The summed E-state index contributed by atoms with van der Waals surface area (Å²) in [6, 6.07) is 5.52. The molecule has 0 atom stereocenters. The molecule has 1 aromatic carbocycles. The summed E-state index contributed by atoms with van der Waals surface area (Å²) in [5.41, 5.74) is 2.39. The third-order valence-electron chi connectivity index (χ3n) is 3.15. The van der Waals surface area contributed by atoms with Gasteiger partial charge in [-0.25, -0.2) is 0 Å². The molecule has 0 amide bonds. The number of hydrogen-bond donors (Lipinski definition) is 1. The first-order valence-corrected chi connectivity index (χ1v) is 6.49. The van der Waals surface area contributed by atoms with Crippen LogP contribution in [0.1, 0.15) is 12.0 Å². The third-order valence-corrected chi connectivity index (χ3v) is 3.15. The monoisotopic (exact) mass is 263 g/mol. The van der Waals surface area contributed by atoms with Crippen LogP contribution in [-0.2, 0) is 11.3 Å². The van der Waals surface area contributed by atoms with Crippen LogP contribution in [0.15, 0.2) is 29.8 Å². The SMILES string of the molecule is COc1ccc(CN(C)CC2=CCCOC2)cc1O. The first kappa shape index (κ1) is 13.9. The molecule has 0 unspecified atom stereocenters. The lowest BCUT2D eigenvalue weighted by molar-refractivity contribution is 0.143. The van der Waals surface area contributed by atoms with Crippen molar-refractivity contribution < 1.29 is 14.6 Å². The van der Waals surface area contributed by atoms with E-state index >= 15 is 0 Å². The lowest BCUT2D eigenvalue weighted by atomic mass is 10.1. The second-order valence-corrected chi connectivity index (χ2v) is 4.88. The van der Waals surface area contributed by atoms with E-state index in [1.165, 1.54) is 5.57 Å². The molecule has 0 spiro atoms. The second kappa shape index (κ2) is 6.59. The van der Waals surface area contributed by atoms with E-state index in [-0.39, 0.29) is 5.75 Å². The Balaban J connectivity index is 1.92. The summed E-state index contributed by atoms with van der Waals surface area (Å²) >= 11 is 0. The van der Waals surface area contributed by atoms with Gasteiger partial charge in [0, 0.05) is 13.1 Å². The molecule has 2 rings (SSSR count). The summed E-state index contributed by atoms with van der Waals surface area (Å²) in [6.45, 7) is 3.25. The highest BCUT2D eigenvalue weighted by atomic mass is 16.5. The van der Waals surface area contributed by atoms with E-state index in [2.05, 4.69) is 18.0 Å². The first-order chi connectivity index (χ1) is 9.19. The van der Waals surface area contributed by atoms with Crippen LogP contribution in [0.3, 0.4) is 0 Å². The van der Waals surface area contributed by atoms with Crippen molar-refractivity contribution in [3.63, 3.8) is 0 Å². The molecule has 1 heterocycles. The topological polar surface area (TPSA) is 41.9 Å². The van der Waals surface area contributed by atoms with Crippen molar-refractivity contribution in [3.05, 3.63) is 35.4 Å². The van der Waals surface area contributed by atoms with Gasteiger partial charge in [0.2, 0.25) is 0 Å². The molecule has 0 saturated heterocycles. The molecule has 0 aromatic heterocycles. The molecule has 4 nitrogen and oxygen atoms in total. The van der Waals surface area contributed by atoms with E-state index in [4.69, 9.17) is 9.47 Å². The Kier molecular flexibility index (Phi) is 4.82. The van der Waals surface area contributed by atoms with Crippen LogP contribution >= 0.6 is 0 Å². The lowest BCUT2D eigenvalue weighted by Gasteiger charge is -2.21. The van der Waals surface area contributed by atoms with Gasteiger partial charge in [0.05, 0.1) is 20.3 Å². The largest absolute Gasteiger partial charge is 0.504 e. The fourth-order valence-corrected chi connectivity index (χ4v) is 2.27. The maximum Gasteiger partial charge on any atom is 0.160 e. The van der Waals surface area contributed by atoms with Crippen LogP contribution in [0.4, 0.5) is 0 Å². The van der Waals surface area contributed by atoms with Crippen LogP contribution < -0.4 is 4.74 Å². The van der Waals surface area contributed by atoms with Gasteiger partial charge in [-0.05, 0) is 36.7 Å². The van der Waals surface area contributed by atoms with Gasteiger partial charge in [-0.15, -0.1) is 0 Å². The molecule has 104 valence electrons. The second-order valence-electron chi connectivity index (χ2n) is 4.88. The summed E-state index contributed by atoms with van der Waals surface area (Å²) in [5.74, 6) is 0.698. The molecule has 1 N–H and O–H groups in total. The average molecular weight is 263 g/mol. The number of likely N-dealkylation sites (N-methyl/N-ethyl adjacent to an activating group) is 1. The van der Waals surface area contributed by atoms with Gasteiger partial charge in [0.15, 0.2) is 11.5 Å². The number of benzene rings is 1. The van der Waals surface area contributed by atoms with E-state index < -0.39 is 0 Å². The van der Waals surface area contributed by atoms with E-state index in [9.17, 15) is 5.11 Å². The van der Waals surface area contributed by atoms with Crippen molar-refractivity contribution in [2.24, 2.45) is 0 Å². The van der Waals surface area contributed by atoms with Gasteiger partial charge < -0.3 is 14.6 Å². The molecule has 0 fully saturated rings. The van der Waals surface area contributed by atoms with Crippen LogP contribution in [0.25, 0.3) is 0 Å². The number of nitrogens with zero attached hydrogens (tertiary/aromatic N) is 1. The summed E-state index contributed by atoms with van der Waals surface area (Å²) in [5, 5.41) is 9.75. The number of phenolic OH excluding ortho intramolecular Hbond substituents is 1. The molecule has 0 radical (unpaired) electrons. The van der Waals surface area contributed by atoms with Crippen LogP contribution in [-0.4, -0.2) is 43.9 Å². The Labute approximate surface area is 114 Å². The Hall–Kier alpha value is -1.52. The minimum atomic E-state index is 0.189. The van der Waals surface area contributed by atoms with Crippen molar-refractivity contribution in [2.75, 3.05) is 33.9 Å². The summed E-state index contributed by atoms with van der Waals surface area (Å²) in [7, 11) is 3.62. The van der Waals surface area contributed by atoms with Crippen molar-refractivity contribution in [2.45, 2.75) is 13.0 Å². The minimum absolute atomic E-state index is 0.189. The highest BCUT2D eigenvalue weighted by Crippen LogP contribution is 2.26. The predicted octanol–water partition coefficient (Wildman–Crippen LogP) is 2.18. The number of rotatable bonds is 5. The highest BCUT2D eigenvalue weighted by molar-refractivity contribution is 5.41. The first-order valence-electron chi connectivity index (χ1n) is 6.49. The van der Waals surface area contributed by atoms with Crippen molar-refractivity contribution in [3.8, 4) is 11.5 Å². The summed E-state index contributed by atoms with van der Waals surface area (Å²) in [4.78, 5) is 2.21. The fraction of sp³-hybridized carbons (Fsp3) is 0.467. The van der Waals surface area contributed by atoms with Gasteiger partial charge in [-0.1, -0.05) is 12.1 Å². The van der Waals surface area contributed by atoms with Crippen LogP contribution in [0, 0.1) is 0 Å². The molecule has 1 aromatic rings. The standard InChI is InChI=1S/C15H21NO3/c1-16(10-13-4-3-7-19-11-13)9-12-5-6-15(18-2)14(17)8-12/h4-6,8,17H,3,7,9-11H2,1-2H3. The molecule has 0 saturated carbocycles. The van der Waals surface area contributed by atoms with Gasteiger partial charge in [-0.2, -0.15) is 0 Å². The minimum Gasteiger partial charge on any atom is -0.504 e. The van der Waals surface area contributed by atoms with E-state index in [1.807, 2.05) is 6.07 Å². The van der Waals surface area contributed by atoms with E-state index in [0.29, 0.717) is 5.75 Å². The molecule has 0 aliphatic carbocycles. The maximum absolute atomic E-state index is 9.75. The van der Waals surface area contributed by atoms with E-state index in [0.717, 1.165) is 38.3 Å². The number of ether oxygens (including phenoxy) is 2. The van der Waals surface area contributed by atoms with Gasteiger partial charge >= 0.3 is 0 Å². The zero-order valence-electron chi connectivity index (χ0n) is 11.6. The predicted molar refractivity (Wildman–Crippen MR) is 74.5 cm³/mol. The lowest BCUT2D eigenvalue weighted by Crippen LogP contribution is -2.23. The molecule has 1 aliphatic heterocycles. The van der Waals surface area contributed by atoms with Crippen LogP contribution in [0.2, 0.25) is 0 Å². The van der Waals surface area contributed by atoms with Crippen molar-refractivity contribution in [1.29, 1.82) is 0 Å². The Morgan fingerprint density at radius 1 is 1.37 bits per heavy atom. The van der Waals surface area contributed by atoms with Crippen molar-refractivity contribution in [1.82, 2.24) is 4.90 Å². The molecule has 1 aliphatic rings. The van der Waals surface area contributed by atoms with Crippen molar-refractivity contribution >= 4 is 0 Å². The quantitative estimate of drug-likeness (QED) is 0.827. The molecular weight excluding hydrogens is 242 g/mol. The third kappa shape index (κ3) is 3.98. The zero-order valence-corrected chi connectivity index (χ0v) is 11.6. The molecule has 19 heavy (non-hydrogen) atoms. The van der Waals surface area contributed by atoms with Gasteiger partial charge in [0.25, 0.3) is 0 Å². The normalized spacial score (nSPS) is 15.4. The summed E-state index contributed by atoms with van der Waals surface area (Å²) < 4.78 is 10.5. The number of aromatic hydroxyl groups is 1. The number of hydrogen-bond acceptors (Lipinski definition) is 4. The number of methoxy groups -OCH3 is 1. The maximum atomic E-state index is 9.75. The highest BCUT2D eigenvalue weighted by Gasteiger charge is 2.09. The van der Waals surface area contributed by atoms with Crippen LogP contribution in [0.5, 0.6) is 11.5 Å². The van der Waals surface area contributed by atoms with Gasteiger partial charge in [-0.3, -0.25) is 4.90 Å². The van der Waals surface area contributed by atoms with E-state index in [1.54, 1.807) is 19.2 Å². The zero-order chi connectivity index (χ0) is 13.7. The fourth-order valence-electron chi connectivity index (χ4n) is 2.27. The summed E-state index contributed by atoms with van der Waals surface area (Å²) in [6.07, 6.45) is 3.26. The number of phenols is 1. The Morgan fingerprint density at radius 3 is 2.84 bits per heavy atom. The smallest absolute Gasteiger partial charge is 0.160 e. The molecule has 0 bridgehead atoms. The van der Waals surface area contributed by atoms with Gasteiger partial charge in [0.1, 0.15) is 0 Å². The Bertz CT molecular complexity index is 457. The average Bonchev–Trinajstić information content (AvgIpc) is 2.40. The Morgan fingerprint density at radius 2 is 2.21 bits per heavy atom. The molecule has 4 heteroatoms.